The van der Waals surface area contributed by atoms with E-state index in [0.717, 1.165) is 0 Å². The van der Waals surface area contributed by atoms with E-state index in [1.165, 1.54) is 0 Å². The van der Waals surface area contributed by atoms with Gasteiger partial charge in [0.2, 0.25) is 0 Å². The summed E-state index contributed by atoms with van der Waals surface area (Å²) in [6, 6.07) is 0.175. The summed E-state index contributed by atoms with van der Waals surface area (Å²) in [4.78, 5) is 10.6. The van der Waals surface area contributed by atoms with Crippen molar-refractivity contribution in [3.8, 4) is 0 Å². The lowest BCUT2D eigenvalue weighted by molar-refractivity contribution is -0.132. The Bertz CT molecular complexity index is 272. The summed E-state index contributed by atoms with van der Waals surface area (Å²) in [5.74, 6) is -0.890. The Kier molecular flexibility index (Phi) is 1.69. The fourth-order valence-electron chi connectivity index (χ4n) is 1.30. The van der Waals surface area contributed by atoms with Crippen LogP contribution in [0.25, 0.3) is 0 Å². The van der Waals surface area contributed by atoms with Crippen LogP contribution >= 0.6 is 0 Å². The third-order valence-electron chi connectivity index (χ3n) is 1.95. The molecule has 2 atom stereocenters. The minimum absolute atomic E-state index is 0.0288. The van der Waals surface area contributed by atoms with Crippen LogP contribution in [0.5, 0.6) is 0 Å². The van der Waals surface area contributed by atoms with Gasteiger partial charge in [-0.05, 0) is 6.08 Å². The zero-order chi connectivity index (χ0) is 8.55. The van der Waals surface area contributed by atoms with Gasteiger partial charge in [0.15, 0.2) is 0 Å². The quantitative estimate of drug-likeness (QED) is 0.399. The number of fused-ring (bicyclic) bond motifs is 1. The summed E-state index contributed by atoms with van der Waals surface area (Å²) in [5, 5.41) is 8.67. The molecule has 0 radical (unpaired) electrons. The summed E-state index contributed by atoms with van der Waals surface area (Å²) >= 11 is 0. The summed E-state index contributed by atoms with van der Waals surface area (Å²) in [6.45, 7) is 0. The molecule has 0 amide bonds. The van der Waals surface area contributed by atoms with Gasteiger partial charge in [-0.15, -0.1) is 0 Å². The molecule has 1 aliphatic carbocycles. The predicted octanol–water partition coefficient (Wildman–Crippen LogP) is -1.08. The Hall–Kier alpha value is -1.17. The van der Waals surface area contributed by atoms with Gasteiger partial charge in [0.25, 0.3) is 0 Å². The molecular formula is C7H9N3O2. The summed E-state index contributed by atoms with van der Waals surface area (Å²) in [6.07, 6.45) is 5.10. The zero-order valence-electron chi connectivity index (χ0n) is 6.24. The van der Waals surface area contributed by atoms with Gasteiger partial charge in [-0.2, -0.15) is 5.53 Å². The minimum atomic E-state index is -0.890. The molecule has 5 nitrogen and oxygen atoms in total. The number of rotatable bonds is 1. The second kappa shape index (κ2) is 2.71. The van der Waals surface area contributed by atoms with Crippen LogP contribution in [-0.2, 0) is 4.79 Å². The fraction of sp³-hybridized carbons (Fsp3) is 0.286. The van der Waals surface area contributed by atoms with E-state index in [0.29, 0.717) is 5.57 Å². The summed E-state index contributed by atoms with van der Waals surface area (Å²) in [7, 11) is 0. The smallest absolute Gasteiger partial charge is 0.335 e. The molecule has 0 aromatic heterocycles. The van der Waals surface area contributed by atoms with Gasteiger partial charge in [0, 0.05) is 0 Å². The second-order valence-corrected chi connectivity index (χ2v) is 2.75. The van der Waals surface area contributed by atoms with E-state index in [1.807, 2.05) is 6.08 Å². The van der Waals surface area contributed by atoms with Crippen molar-refractivity contribution in [1.82, 2.24) is 16.4 Å². The van der Waals surface area contributed by atoms with Gasteiger partial charge in [0.1, 0.15) is 0 Å². The first-order valence-electron chi connectivity index (χ1n) is 3.67. The lowest BCUT2D eigenvalue weighted by Crippen LogP contribution is -2.32. The third kappa shape index (κ3) is 1.14. The van der Waals surface area contributed by atoms with Crippen molar-refractivity contribution < 1.29 is 9.90 Å². The third-order valence-corrected chi connectivity index (χ3v) is 1.95. The molecule has 2 unspecified atom stereocenters. The molecule has 5 heteroatoms. The number of carbonyl (C=O) groups is 1. The number of carboxylic acid groups (broad SMARTS) is 1. The lowest BCUT2D eigenvalue weighted by atomic mass is 10.00. The monoisotopic (exact) mass is 167 g/mol. The van der Waals surface area contributed by atoms with Gasteiger partial charge < -0.3 is 5.11 Å². The van der Waals surface area contributed by atoms with Gasteiger partial charge in [0.05, 0.1) is 17.7 Å². The Morgan fingerprint density at radius 3 is 2.92 bits per heavy atom. The molecule has 4 N–H and O–H groups in total. The molecule has 0 bridgehead atoms. The van der Waals surface area contributed by atoms with E-state index in [1.54, 1.807) is 12.2 Å². The molecule has 0 saturated carbocycles. The molecule has 2 aliphatic rings. The highest BCUT2D eigenvalue weighted by atomic mass is 16.4. The van der Waals surface area contributed by atoms with Crippen LogP contribution in [-0.4, -0.2) is 23.2 Å². The molecule has 1 fully saturated rings. The van der Waals surface area contributed by atoms with Crippen LogP contribution < -0.4 is 16.4 Å². The molecule has 1 heterocycles. The Morgan fingerprint density at radius 2 is 2.17 bits per heavy atom. The van der Waals surface area contributed by atoms with Crippen molar-refractivity contribution in [2.24, 2.45) is 0 Å². The van der Waals surface area contributed by atoms with Crippen molar-refractivity contribution >= 4 is 5.97 Å². The van der Waals surface area contributed by atoms with Crippen LogP contribution in [0.15, 0.2) is 23.8 Å². The Morgan fingerprint density at radius 1 is 1.42 bits per heavy atom. The van der Waals surface area contributed by atoms with Gasteiger partial charge in [-0.25, -0.2) is 15.6 Å². The first-order chi connectivity index (χ1) is 5.77. The average Bonchev–Trinajstić information content (AvgIpc) is 2.49. The number of hydrazine groups is 2. The van der Waals surface area contributed by atoms with E-state index in [4.69, 9.17) is 5.11 Å². The van der Waals surface area contributed by atoms with Gasteiger partial charge in [-0.3, -0.25) is 0 Å². The number of hydrogen-bond donors (Lipinski definition) is 4. The Labute approximate surface area is 69.1 Å². The van der Waals surface area contributed by atoms with Crippen LogP contribution in [0.2, 0.25) is 0 Å². The van der Waals surface area contributed by atoms with E-state index < -0.39 is 5.97 Å². The molecule has 0 spiro atoms. The SMILES string of the molecule is O=C(O)C1=CC2NNNC2C=C1. The summed E-state index contributed by atoms with van der Waals surface area (Å²) < 4.78 is 0. The molecule has 12 heavy (non-hydrogen) atoms. The first kappa shape index (κ1) is 7.48. The maximum absolute atomic E-state index is 10.6. The van der Waals surface area contributed by atoms with Crippen molar-refractivity contribution in [2.45, 2.75) is 12.1 Å². The van der Waals surface area contributed by atoms with Crippen LogP contribution in [0.1, 0.15) is 0 Å². The molecule has 1 aliphatic heterocycles. The standard InChI is InChI=1S/C7H9N3O2/c11-7(12)4-1-2-5-6(3-4)9-10-8-5/h1-3,5-6,8-10H,(H,11,12). The number of hydrogen-bond acceptors (Lipinski definition) is 4. The largest absolute Gasteiger partial charge is 0.478 e. The van der Waals surface area contributed by atoms with Crippen molar-refractivity contribution in [3.63, 3.8) is 0 Å². The molecule has 2 rings (SSSR count). The van der Waals surface area contributed by atoms with Gasteiger partial charge in [-0.1, -0.05) is 12.2 Å². The van der Waals surface area contributed by atoms with Crippen LogP contribution in [0.3, 0.4) is 0 Å². The zero-order valence-corrected chi connectivity index (χ0v) is 6.24. The maximum Gasteiger partial charge on any atom is 0.335 e. The van der Waals surface area contributed by atoms with Crippen molar-refractivity contribution in [2.75, 3.05) is 0 Å². The van der Waals surface area contributed by atoms with Crippen molar-refractivity contribution in [1.29, 1.82) is 0 Å². The minimum Gasteiger partial charge on any atom is -0.478 e. The van der Waals surface area contributed by atoms with Crippen LogP contribution in [0, 0.1) is 0 Å². The van der Waals surface area contributed by atoms with E-state index in [-0.39, 0.29) is 12.1 Å². The van der Waals surface area contributed by atoms with E-state index in [2.05, 4.69) is 16.4 Å². The number of carboxylic acids is 1. The summed E-state index contributed by atoms with van der Waals surface area (Å²) in [5.41, 5.74) is 8.89. The molecule has 64 valence electrons. The van der Waals surface area contributed by atoms with E-state index in [9.17, 15) is 4.79 Å². The maximum atomic E-state index is 10.6. The van der Waals surface area contributed by atoms with E-state index >= 15 is 0 Å². The Balaban J connectivity index is 2.20. The highest BCUT2D eigenvalue weighted by molar-refractivity contribution is 5.90. The number of nitrogens with one attached hydrogen (secondary N) is 3. The molecular weight excluding hydrogens is 158 g/mol. The fourth-order valence-corrected chi connectivity index (χ4v) is 1.30. The molecule has 0 aromatic rings. The highest BCUT2D eigenvalue weighted by Crippen LogP contribution is 2.12. The topological polar surface area (TPSA) is 73.4 Å². The van der Waals surface area contributed by atoms with Crippen LogP contribution in [0.4, 0.5) is 0 Å². The van der Waals surface area contributed by atoms with Gasteiger partial charge >= 0.3 is 5.97 Å². The average molecular weight is 167 g/mol. The first-order valence-corrected chi connectivity index (χ1v) is 3.67. The highest BCUT2D eigenvalue weighted by Gasteiger charge is 2.26. The second-order valence-electron chi connectivity index (χ2n) is 2.75. The lowest BCUT2D eigenvalue weighted by Gasteiger charge is -2.14. The van der Waals surface area contributed by atoms with Crippen molar-refractivity contribution in [3.05, 3.63) is 23.8 Å². The predicted molar refractivity (Wildman–Crippen MR) is 41.8 cm³/mol. The molecule has 0 aromatic carbocycles. The molecule has 1 saturated heterocycles. The number of aliphatic carboxylic acids is 1. The normalized spacial score (nSPS) is 32.8.